The van der Waals surface area contributed by atoms with Crippen LogP contribution in [0.15, 0.2) is 40.6 Å². The highest BCUT2D eigenvalue weighted by molar-refractivity contribution is 8.15. The van der Waals surface area contributed by atoms with Crippen molar-refractivity contribution in [1.29, 1.82) is 0 Å². The Balaban J connectivity index is 1.92. The lowest BCUT2D eigenvalue weighted by atomic mass is 10.2. The van der Waals surface area contributed by atoms with E-state index in [1.54, 1.807) is 30.3 Å². The van der Waals surface area contributed by atoms with E-state index in [0.29, 0.717) is 23.6 Å². The standard InChI is InChI=1S/C13H11Cl2NO3S2/c14-11-4-2-1-3-10(11)13(17)16-8-7-9-5-6-12(20-9)21(15,18)19/h1-6H,7-8H2,(H,16,17). The third-order valence-electron chi connectivity index (χ3n) is 2.65. The van der Waals surface area contributed by atoms with Crippen LogP contribution in [0.25, 0.3) is 0 Å². The van der Waals surface area contributed by atoms with Gasteiger partial charge in [0.15, 0.2) is 0 Å². The van der Waals surface area contributed by atoms with Crippen molar-refractivity contribution in [2.75, 3.05) is 6.54 Å². The van der Waals surface area contributed by atoms with Crippen LogP contribution in [0.4, 0.5) is 0 Å². The van der Waals surface area contributed by atoms with Crippen molar-refractivity contribution in [3.63, 3.8) is 0 Å². The van der Waals surface area contributed by atoms with Gasteiger partial charge in [-0.05, 0) is 30.7 Å². The second kappa shape index (κ2) is 6.79. The first-order chi connectivity index (χ1) is 9.88. The maximum absolute atomic E-state index is 11.9. The van der Waals surface area contributed by atoms with Crippen molar-refractivity contribution >= 4 is 48.6 Å². The van der Waals surface area contributed by atoms with Gasteiger partial charge in [0.25, 0.3) is 15.0 Å². The van der Waals surface area contributed by atoms with E-state index in [2.05, 4.69) is 5.32 Å². The third-order valence-corrected chi connectivity index (χ3v) is 6.22. The van der Waals surface area contributed by atoms with Crippen molar-refractivity contribution < 1.29 is 13.2 Å². The first kappa shape index (κ1) is 16.3. The largest absolute Gasteiger partial charge is 0.352 e. The van der Waals surface area contributed by atoms with Gasteiger partial charge in [-0.3, -0.25) is 4.79 Å². The molecule has 4 nitrogen and oxygen atoms in total. The Morgan fingerprint density at radius 1 is 1.19 bits per heavy atom. The fourth-order valence-corrected chi connectivity index (χ4v) is 4.01. The Bertz CT molecular complexity index is 756. The van der Waals surface area contributed by atoms with E-state index in [-0.39, 0.29) is 10.1 Å². The van der Waals surface area contributed by atoms with Gasteiger partial charge in [0.1, 0.15) is 4.21 Å². The molecule has 0 aliphatic carbocycles. The number of amides is 1. The number of benzene rings is 1. The predicted octanol–water partition coefficient (Wildman–Crippen LogP) is 3.30. The van der Waals surface area contributed by atoms with Gasteiger partial charge in [-0.25, -0.2) is 8.42 Å². The van der Waals surface area contributed by atoms with Gasteiger partial charge in [-0.2, -0.15) is 0 Å². The van der Waals surface area contributed by atoms with Crippen LogP contribution in [0.2, 0.25) is 5.02 Å². The summed E-state index contributed by atoms with van der Waals surface area (Å²) in [5, 5.41) is 3.13. The van der Waals surface area contributed by atoms with Crippen molar-refractivity contribution in [2.45, 2.75) is 10.6 Å². The van der Waals surface area contributed by atoms with E-state index in [1.165, 1.54) is 6.07 Å². The number of thiophene rings is 1. The molecule has 2 aromatic rings. The zero-order valence-corrected chi connectivity index (χ0v) is 13.8. The average Bonchev–Trinajstić information content (AvgIpc) is 2.88. The maximum Gasteiger partial charge on any atom is 0.270 e. The summed E-state index contributed by atoms with van der Waals surface area (Å²) >= 11 is 7.02. The molecule has 1 heterocycles. The molecule has 1 N–H and O–H groups in total. The molecular weight excluding hydrogens is 353 g/mol. The Labute approximate surface area is 136 Å². The summed E-state index contributed by atoms with van der Waals surface area (Å²) < 4.78 is 22.4. The molecule has 0 saturated carbocycles. The quantitative estimate of drug-likeness (QED) is 0.828. The second-order valence-electron chi connectivity index (χ2n) is 4.14. The van der Waals surface area contributed by atoms with Crippen LogP contribution in [0.1, 0.15) is 15.2 Å². The minimum Gasteiger partial charge on any atom is -0.352 e. The number of nitrogens with one attached hydrogen (secondary N) is 1. The lowest BCUT2D eigenvalue weighted by molar-refractivity contribution is 0.0954. The van der Waals surface area contributed by atoms with E-state index in [0.717, 1.165) is 16.2 Å². The summed E-state index contributed by atoms with van der Waals surface area (Å²) in [4.78, 5) is 12.7. The highest BCUT2D eigenvalue weighted by Gasteiger charge is 2.13. The Morgan fingerprint density at radius 3 is 2.52 bits per heavy atom. The number of rotatable bonds is 5. The highest BCUT2D eigenvalue weighted by atomic mass is 35.7. The van der Waals surface area contributed by atoms with E-state index in [4.69, 9.17) is 22.3 Å². The zero-order chi connectivity index (χ0) is 15.5. The van der Waals surface area contributed by atoms with Gasteiger partial charge in [-0.15, -0.1) is 11.3 Å². The fourth-order valence-electron chi connectivity index (χ4n) is 1.66. The molecule has 0 bridgehead atoms. The summed E-state index contributed by atoms with van der Waals surface area (Å²) in [5.74, 6) is -0.262. The number of carbonyl (C=O) groups is 1. The minimum atomic E-state index is -3.69. The number of hydrogen-bond acceptors (Lipinski definition) is 4. The molecule has 0 spiro atoms. The lowest BCUT2D eigenvalue weighted by Crippen LogP contribution is -2.25. The van der Waals surface area contributed by atoms with Crippen molar-refractivity contribution in [3.05, 3.63) is 51.9 Å². The summed E-state index contributed by atoms with van der Waals surface area (Å²) in [7, 11) is 1.57. The molecule has 21 heavy (non-hydrogen) atoms. The van der Waals surface area contributed by atoms with Crippen LogP contribution in [-0.4, -0.2) is 20.9 Å². The van der Waals surface area contributed by atoms with Crippen LogP contribution >= 0.6 is 33.6 Å². The van der Waals surface area contributed by atoms with Gasteiger partial charge in [0.2, 0.25) is 0 Å². The Hall–Kier alpha value is -1.08. The molecule has 1 amide bonds. The lowest BCUT2D eigenvalue weighted by Gasteiger charge is -2.05. The number of hydrogen-bond donors (Lipinski definition) is 1. The normalized spacial score (nSPS) is 11.3. The Morgan fingerprint density at radius 2 is 1.90 bits per heavy atom. The fraction of sp³-hybridized carbons (Fsp3) is 0.154. The van der Waals surface area contributed by atoms with Crippen molar-refractivity contribution in [3.8, 4) is 0 Å². The molecule has 112 valence electrons. The van der Waals surface area contributed by atoms with Gasteiger partial charge in [0.05, 0.1) is 10.6 Å². The van der Waals surface area contributed by atoms with Gasteiger partial charge in [-0.1, -0.05) is 23.7 Å². The van der Waals surface area contributed by atoms with E-state index >= 15 is 0 Å². The molecule has 0 unspecified atom stereocenters. The molecule has 0 radical (unpaired) electrons. The minimum absolute atomic E-state index is 0.108. The third kappa shape index (κ3) is 4.44. The second-order valence-corrected chi connectivity index (χ2v) is 8.51. The van der Waals surface area contributed by atoms with E-state index < -0.39 is 9.05 Å². The first-order valence-corrected chi connectivity index (χ1v) is 9.44. The average molecular weight is 364 g/mol. The van der Waals surface area contributed by atoms with Crippen molar-refractivity contribution in [1.82, 2.24) is 5.32 Å². The molecule has 8 heteroatoms. The molecule has 1 aromatic carbocycles. The Kier molecular flexibility index (Phi) is 5.27. The van der Waals surface area contributed by atoms with Gasteiger partial charge < -0.3 is 5.32 Å². The van der Waals surface area contributed by atoms with E-state index in [9.17, 15) is 13.2 Å². The smallest absolute Gasteiger partial charge is 0.270 e. The molecule has 0 aliphatic rings. The van der Waals surface area contributed by atoms with Crippen molar-refractivity contribution in [2.24, 2.45) is 0 Å². The maximum atomic E-state index is 11.9. The molecular formula is C13H11Cl2NO3S2. The van der Waals surface area contributed by atoms with Crippen LogP contribution in [-0.2, 0) is 15.5 Å². The molecule has 2 rings (SSSR count). The molecule has 0 atom stereocenters. The van der Waals surface area contributed by atoms with Crippen LogP contribution in [0.5, 0.6) is 0 Å². The summed E-state index contributed by atoms with van der Waals surface area (Å²) in [6.07, 6.45) is 0.521. The molecule has 0 aliphatic heterocycles. The van der Waals surface area contributed by atoms with Crippen LogP contribution in [0.3, 0.4) is 0 Å². The summed E-state index contributed by atoms with van der Waals surface area (Å²) in [5.41, 5.74) is 0.411. The van der Waals surface area contributed by atoms with Crippen LogP contribution in [0, 0.1) is 0 Å². The summed E-state index contributed by atoms with van der Waals surface area (Å²) in [6, 6.07) is 9.91. The van der Waals surface area contributed by atoms with Gasteiger partial charge in [0, 0.05) is 22.1 Å². The molecule has 1 aromatic heterocycles. The first-order valence-electron chi connectivity index (χ1n) is 5.94. The highest BCUT2D eigenvalue weighted by Crippen LogP contribution is 2.24. The van der Waals surface area contributed by atoms with E-state index in [1.807, 2.05) is 0 Å². The summed E-state index contributed by atoms with van der Waals surface area (Å²) in [6.45, 7) is 0.381. The molecule has 0 saturated heterocycles. The molecule has 0 fully saturated rings. The SMILES string of the molecule is O=C(NCCc1ccc(S(=O)(=O)Cl)s1)c1ccccc1Cl. The predicted molar refractivity (Wildman–Crippen MR) is 84.8 cm³/mol. The van der Waals surface area contributed by atoms with Gasteiger partial charge >= 0.3 is 0 Å². The monoisotopic (exact) mass is 363 g/mol. The van der Waals surface area contributed by atoms with Crippen LogP contribution < -0.4 is 5.32 Å². The number of carbonyl (C=O) groups excluding carboxylic acids is 1. The number of halogens is 2. The topological polar surface area (TPSA) is 63.2 Å². The zero-order valence-electron chi connectivity index (χ0n) is 10.7.